The lowest BCUT2D eigenvalue weighted by molar-refractivity contribution is -0.118. The van der Waals surface area contributed by atoms with Gasteiger partial charge in [0.05, 0.1) is 19.3 Å². The molecule has 0 aliphatic carbocycles. The fourth-order valence-electron chi connectivity index (χ4n) is 2.20. The molecule has 1 atom stereocenters. The number of anilines is 1. The van der Waals surface area contributed by atoms with E-state index in [1.54, 1.807) is 6.07 Å². The highest BCUT2D eigenvalue weighted by Crippen LogP contribution is 2.30. The summed E-state index contributed by atoms with van der Waals surface area (Å²) in [5.41, 5.74) is 0.708. The molecule has 6 nitrogen and oxygen atoms in total. The first-order chi connectivity index (χ1) is 10.2. The number of nitrogens with one attached hydrogen (secondary N) is 3. The number of carbonyl (C=O) groups is 1. The average Bonchev–Trinajstić information content (AvgIpc) is 2.51. The Kier molecular flexibility index (Phi) is 5.83. The number of piperazine rings is 1. The van der Waals surface area contributed by atoms with E-state index in [9.17, 15) is 4.79 Å². The van der Waals surface area contributed by atoms with Gasteiger partial charge in [-0.1, -0.05) is 0 Å². The van der Waals surface area contributed by atoms with E-state index in [1.807, 2.05) is 26.0 Å². The normalized spacial score (nSPS) is 18.1. The van der Waals surface area contributed by atoms with Crippen LogP contribution >= 0.6 is 0 Å². The number of rotatable bonds is 6. The zero-order valence-corrected chi connectivity index (χ0v) is 12.6. The minimum absolute atomic E-state index is 0.0474. The van der Waals surface area contributed by atoms with Gasteiger partial charge >= 0.3 is 0 Å². The Morgan fingerprint density at radius 3 is 2.67 bits per heavy atom. The van der Waals surface area contributed by atoms with Crippen molar-refractivity contribution in [2.75, 3.05) is 38.2 Å². The van der Waals surface area contributed by atoms with Gasteiger partial charge in [0.15, 0.2) is 11.5 Å². The molecule has 1 aromatic rings. The van der Waals surface area contributed by atoms with Crippen molar-refractivity contribution in [3.63, 3.8) is 0 Å². The Morgan fingerprint density at radius 1 is 1.24 bits per heavy atom. The largest absolute Gasteiger partial charge is 0.490 e. The van der Waals surface area contributed by atoms with Crippen LogP contribution in [0.2, 0.25) is 0 Å². The van der Waals surface area contributed by atoms with Crippen LogP contribution in [0, 0.1) is 0 Å². The Morgan fingerprint density at radius 2 is 2.00 bits per heavy atom. The minimum atomic E-state index is -0.208. The van der Waals surface area contributed by atoms with E-state index in [2.05, 4.69) is 16.0 Å². The van der Waals surface area contributed by atoms with Gasteiger partial charge in [0.25, 0.3) is 0 Å². The summed E-state index contributed by atoms with van der Waals surface area (Å²) in [5, 5.41) is 9.27. The third-order valence-electron chi connectivity index (χ3n) is 3.17. The standard InChI is InChI=1S/C15H23N3O3/c1-3-20-13-6-5-11(9-14(13)21-4-2)18-15(19)12-10-16-7-8-17-12/h5-6,9,12,16-17H,3-4,7-8,10H2,1-2H3,(H,18,19). The molecule has 0 aromatic heterocycles. The van der Waals surface area contributed by atoms with Gasteiger partial charge < -0.3 is 25.4 Å². The number of ether oxygens (including phenoxy) is 2. The maximum Gasteiger partial charge on any atom is 0.242 e. The summed E-state index contributed by atoms with van der Waals surface area (Å²) in [7, 11) is 0. The summed E-state index contributed by atoms with van der Waals surface area (Å²) in [4.78, 5) is 12.2. The molecule has 21 heavy (non-hydrogen) atoms. The lowest BCUT2D eigenvalue weighted by atomic mass is 10.2. The number of hydrogen-bond donors (Lipinski definition) is 3. The first-order valence-electron chi connectivity index (χ1n) is 7.39. The zero-order valence-electron chi connectivity index (χ0n) is 12.6. The van der Waals surface area contributed by atoms with Gasteiger partial charge in [0, 0.05) is 31.4 Å². The molecule has 1 aliphatic rings. The molecule has 0 saturated carbocycles. The van der Waals surface area contributed by atoms with Crippen LogP contribution in [0.3, 0.4) is 0 Å². The Labute approximate surface area is 125 Å². The Bertz CT molecular complexity index is 473. The molecule has 116 valence electrons. The molecule has 0 radical (unpaired) electrons. The van der Waals surface area contributed by atoms with Gasteiger partial charge in [-0.25, -0.2) is 0 Å². The molecular weight excluding hydrogens is 270 g/mol. The SMILES string of the molecule is CCOc1ccc(NC(=O)C2CNCCN2)cc1OCC. The number of hydrogen-bond acceptors (Lipinski definition) is 5. The molecule has 1 fully saturated rings. The molecule has 1 unspecified atom stereocenters. The lowest BCUT2D eigenvalue weighted by Gasteiger charge is -2.23. The van der Waals surface area contributed by atoms with Gasteiger partial charge in [-0.2, -0.15) is 0 Å². The molecule has 0 bridgehead atoms. The van der Waals surface area contributed by atoms with Crippen LogP contribution in [-0.4, -0.2) is 44.8 Å². The van der Waals surface area contributed by atoms with Crippen molar-refractivity contribution in [3.8, 4) is 11.5 Å². The van der Waals surface area contributed by atoms with Gasteiger partial charge in [0.1, 0.15) is 0 Å². The van der Waals surface area contributed by atoms with E-state index in [1.165, 1.54) is 0 Å². The molecule has 1 heterocycles. The van der Waals surface area contributed by atoms with Crippen molar-refractivity contribution in [2.24, 2.45) is 0 Å². The highest BCUT2D eigenvalue weighted by atomic mass is 16.5. The van der Waals surface area contributed by atoms with Crippen molar-refractivity contribution in [1.82, 2.24) is 10.6 Å². The van der Waals surface area contributed by atoms with Crippen LogP contribution in [-0.2, 0) is 4.79 Å². The molecule has 2 rings (SSSR count). The van der Waals surface area contributed by atoms with Crippen molar-refractivity contribution >= 4 is 11.6 Å². The Hall–Kier alpha value is -1.79. The van der Waals surface area contributed by atoms with Crippen molar-refractivity contribution in [2.45, 2.75) is 19.9 Å². The van der Waals surface area contributed by atoms with Crippen molar-refractivity contribution in [3.05, 3.63) is 18.2 Å². The fourth-order valence-corrected chi connectivity index (χ4v) is 2.20. The highest BCUT2D eigenvalue weighted by Gasteiger charge is 2.20. The van der Waals surface area contributed by atoms with Crippen LogP contribution < -0.4 is 25.4 Å². The van der Waals surface area contributed by atoms with Gasteiger partial charge in [-0.05, 0) is 26.0 Å². The van der Waals surface area contributed by atoms with E-state index >= 15 is 0 Å². The minimum Gasteiger partial charge on any atom is -0.490 e. The molecule has 1 aliphatic heterocycles. The van der Waals surface area contributed by atoms with Crippen LogP contribution in [0.1, 0.15) is 13.8 Å². The summed E-state index contributed by atoms with van der Waals surface area (Å²) in [5.74, 6) is 1.29. The van der Waals surface area contributed by atoms with Crippen LogP contribution in [0.4, 0.5) is 5.69 Å². The number of benzene rings is 1. The summed E-state index contributed by atoms with van der Waals surface area (Å²) < 4.78 is 11.1. The summed E-state index contributed by atoms with van der Waals surface area (Å²) >= 11 is 0. The molecule has 1 amide bonds. The van der Waals surface area contributed by atoms with Crippen LogP contribution in [0.25, 0.3) is 0 Å². The second-order valence-electron chi connectivity index (χ2n) is 4.73. The fraction of sp³-hybridized carbons (Fsp3) is 0.533. The van der Waals surface area contributed by atoms with Crippen molar-refractivity contribution < 1.29 is 14.3 Å². The Balaban J connectivity index is 2.05. The van der Waals surface area contributed by atoms with E-state index in [0.717, 1.165) is 13.1 Å². The third kappa shape index (κ3) is 4.34. The van der Waals surface area contributed by atoms with E-state index in [0.29, 0.717) is 36.9 Å². The van der Waals surface area contributed by atoms with Crippen molar-refractivity contribution in [1.29, 1.82) is 0 Å². The summed E-state index contributed by atoms with van der Waals surface area (Å²) in [6.45, 7) is 7.29. The molecular formula is C15H23N3O3. The predicted octanol–water partition coefficient (Wildman–Crippen LogP) is 0.984. The van der Waals surface area contributed by atoms with E-state index < -0.39 is 0 Å². The molecule has 1 saturated heterocycles. The van der Waals surface area contributed by atoms with E-state index in [4.69, 9.17) is 9.47 Å². The van der Waals surface area contributed by atoms with Crippen LogP contribution in [0.15, 0.2) is 18.2 Å². The third-order valence-corrected chi connectivity index (χ3v) is 3.17. The first-order valence-corrected chi connectivity index (χ1v) is 7.39. The van der Waals surface area contributed by atoms with Crippen LogP contribution in [0.5, 0.6) is 11.5 Å². The number of amides is 1. The monoisotopic (exact) mass is 293 g/mol. The maximum absolute atomic E-state index is 12.2. The lowest BCUT2D eigenvalue weighted by Crippen LogP contribution is -2.54. The summed E-state index contributed by atoms with van der Waals surface area (Å²) in [6.07, 6.45) is 0. The molecule has 6 heteroatoms. The molecule has 0 spiro atoms. The second kappa shape index (κ2) is 7.85. The quantitative estimate of drug-likeness (QED) is 0.729. The first kappa shape index (κ1) is 15.6. The molecule has 1 aromatic carbocycles. The second-order valence-corrected chi connectivity index (χ2v) is 4.73. The predicted molar refractivity (Wildman–Crippen MR) is 82.1 cm³/mol. The topological polar surface area (TPSA) is 71.6 Å². The smallest absolute Gasteiger partial charge is 0.242 e. The van der Waals surface area contributed by atoms with Gasteiger partial charge in [-0.3, -0.25) is 4.79 Å². The summed E-state index contributed by atoms with van der Waals surface area (Å²) in [6, 6.07) is 5.22. The molecule has 3 N–H and O–H groups in total. The average molecular weight is 293 g/mol. The maximum atomic E-state index is 12.2. The number of carbonyl (C=O) groups excluding carboxylic acids is 1. The highest BCUT2D eigenvalue weighted by molar-refractivity contribution is 5.95. The van der Waals surface area contributed by atoms with Gasteiger partial charge in [-0.15, -0.1) is 0 Å². The van der Waals surface area contributed by atoms with Gasteiger partial charge in [0.2, 0.25) is 5.91 Å². The van der Waals surface area contributed by atoms with E-state index in [-0.39, 0.29) is 11.9 Å². The zero-order chi connectivity index (χ0) is 15.1.